The van der Waals surface area contributed by atoms with Gasteiger partial charge in [-0.2, -0.15) is 15.0 Å². The van der Waals surface area contributed by atoms with E-state index < -0.39 is 0 Å². The van der Waals surface area contributed by atoms with Gasteiger partial charge in [-0.15, -0.1) is 0 Å². The SMILES string of the molecule is c1ccc(-c2ccc3c(c2)c2ccccc2n3-c2nc(-c3cccc(-n4c5ccccc5c5ccncc54)c3)nc(-n3c4ccccc4c4cc(-c5ccccc5)ccc43)n2)cc1. The van der Waals surface area contributed by atoms with Gasteiger partial charge in [-0.25, -0.2) is 0 Å². The van der Waals surface area contributed by atoms with Crippen LogP contribution < -0.4 is 0 Å². The Bertz CT molecular complexity index is 3690. The van der Waals surface area contributed by atoms with Crippen molar-refractivity contribution in [2.45, 2.75) is 0 Å². The van der Waals surface area contributed by atoms with Gasteiger partial charge in [0.25, 0.3) is 0 Å². The highest BCUT2D eigenvalue weighted by Crippen LogP contribution is 2.38. The van der Waals surface area contributed by atoms with E-state index in [1.54, 1.807) is 0 Å². The molecule has 0 atom stereocenters. The van der Waals surface area contributed by atoms with Crippen LogP contribution in [0.1, 0.15) is 0 Å². The first-order chi connectivity index (χ1) is 31.2. The molecule has 0 unspecified atom stereocenters. The van der Waals surface area contributed by atoms with E-state index >= 15 is 0 Å². The van der Waals surface area contributed by atoms with Crippen LogP contribution in [0.25, 0.3) is 117 Å². The summed E-state index contributed by atoms with van der Waals surface area (Å²) in [5.74, 6) is 1.63. The van der Waals surface area contributed by atoms with E-state index in [4.69, 9.17) is 15.0 Å². The molecule has 7 nitrogen and oxygen atoms in total. The average Bonchev–Trinajstić information content (AvgIpc) is 4.00. The Balaban J connectivity index is 1.08. The van der Waals surface area contributed by atoms with Crippen molar-refractivity contribution in [3.8, 4) is 51.2 Å². The van der Waals surface area contributed by atoms with Crippen LogP contribution in [-0.2, 0) is 0 Å². The highest BCUT2D eigenvalue weighted by molar-refractivity contribution is 6.12. The minimum absolute atomic E-state index is 0.534. The molecule has 13 rings (SSSR count). The highest BCUT2D eigenvalue weighted by Gasteiger charge is 2.22. The maximum atomic E-state index is 5.45. The summed E-state index contributed by atoms with van der Waals surface area (Å²) in [4.78, 5) is 20.8. The van der Waals surface area contributed by atoms with Gasteiger partial charge < -0.3 is 4.57 Å². The number of para-hydroxylation sites is 3. The number of pyridine rings is 1. The van der Waals surface area contributed by atoms with Crippen LogP contribution in [0.4, 0.5) is 0 Å². The number of aromatic nitrogens is 7. The number of nitrogens with zero attached hydrogens (tertiary/aromatic N) is 7. The van der Waals surface area contributed by atoms with Gasteiger partial charge >= 0.3 is 0 Å². The molecule has 0 bridgehead atoms. The quantitative estimate of drug-likeness (QED) is 0.168. The Morgan fingerprint density at radius 3 is 1.32 bits per heavy atom. The Labute approximate surface area is 361 Å². The molecule has 13 aromatic rings. The van der Waals surface area contributed by atoms with Crippen LogP contribution in [0, 0.1) is 0 Å². The Morgan fingerprint density at radius 1 is 0.286 bits per heavy atom. The van der Waals surface area contributed by atoms with Gasteiger partial charge in [-0.05, 0) is 82.9 Å². The van der Waals surface area contributed by atoms with Crippen molar-refractivity contribution in [3.63, 3.8) is 0 Å². The van der Waals surface area contributed by atoms with E-state index in [2.05, 4.69) is 219 Å². The molecule has 8 aromatic carbocycles. The van der Waals surface area contributed by atoms with Crippen molar-refractivity contribution in [3.05, 3.63) is 213 Å². The van der Waals surface area contributed by atoms with Gasteiger partial charge in [-0.3, -0.25) is 14.1 Å². The summed E-state index contributed by atoms with van der Waals surface area (Å²) < 4.78 is 6.66. The number of hydrogen-bond acceptors (Lipinski definition) is 4. The van der Waals surface area contributed by atoms with Gasteiger partial charge in [0.15, 0.2) is 5.82 Å². The average molecular weight is 806 g/mol. The van der Waals surface area contributed by atoms with E-state index in [-0.39, 0.29) is 0 Å². The molecule has 7 heteroatoms. The second-order valence-corrected chi connectivity index (χ2v) is 16.0. The summed E-state index contributed by atoms with van der Waals surface area (Å²) in [6, 6.07) is 70.6. The van der Waals surface area contributed by atoms with Crippen LogP contribution in [0.2, 0.25) is 0 Å². The van der Waals surface area contributed by atoms with Crippen LogP contribution in [0.3, 0.4) is 0 Å². The molecule has 0 radical (unpaired) electrons. The van der Waals surface area contributed by atoms with E-state index in [0.29, 0.717) is 17.7 Å². The maximum Gasteiger partial charge on any atom is 0.240 e. The summed E-state index contributed by atoms with van der Waals surface area (Å²) >= 11 is 0. The molecule has 0 saturated heterocycles. The largest absolute Gasteiger partial charge is 0.308 e. The third-order valence-electron chi connectivity index (χ3n) is 12.4. The van der Waals surface area contributed by atoms with Crippen molar-refractivity contribution in [1.82, 2.24) is 33.6 Å². The van der Waals surface area contributed by atoms with E-state index in [0.717, 1.165) is 82.4 Å². The lowest BCUT2D eigenvalue weighted by Crippen LogP contribution is -2.10. The predicted molar refractivity (Wildman–Crippen MR) is 257 cm³/mol. The minimum Gasteiger partial charge on any atom is -0.308 e. The molecule has 5 aromatic heterocycles. The van der Waals surface area contributed by atoms with E-state index in [1.165, 1.54) is 16.5 Å². The van der Waals surface area contributed by atoms with Crippen molar-refractivity contribution in [2.24, 2.45) is 0 Å². The van der Waals surface area contributed by atoms with Crippen molar-refractivity contribution < 1.29 is 0 Å². The second-order valence-electron chi connectivity index (χ2n) is 16.0. The summed E-state index contributed by atoms with van der Waals surface area (Å²) in [5.41, 5.74) is 12.7. The number of hydrogen-bond donors (Lipinski definition) is 0. The van der Waals surface area contributed by atoms with Crippen molar-refractivity contribution in [1.29, 1.82) is 0 Å². The molecule has 294 valence electrons. The third-order valence-corrected chi connectivity index (χ3v) is 12.4. The standard InChI is InChI=1S/C56H35N7/c1-3-14-36(15-4-1)38-26-28-51-46(33-38)43-21-8-11-24-49(43)62(51)55-58-54(40-18-13-19-41(32-40)61-48-23-10-7-20-42(48)45-30-31-57-35-53(45)61)59-56(60-55)63-50-25-12-9-22-44(50)47-34-39(27-29-52(47)63)37-16-5-2-6-17-37/h1-35H. The summed E-state index contributed by atoms with van der Waals surface area (Å²) in [6.07, 6.45) is 3.80. The monoisotopic (exact) mass is 805 g/mol. The molecule has 0 aliphatic rings. The molecular formula is C56H35N7. The van der Waals surface area contributed by atoms with Crippen molar-refractivity contribution >= 4 is 65.4 Å². The van der Waals surface area contributed by atoms with E-state index in [9.17, 15) is 0 Å². The first kappa shape index (κ1) is 35.1. The molecule has 0 amide bonds. The molecule has 0 saturated carbocycles. The fourth-order valence-corrected chi connectivity index (χ4v) is 9.56. The molecule has 0 aliphatic heterocycles. The zero-order valence-electron chi connectivity index (χ0n) is 33.8. The van der Waals surface area contributed by atoms with Crippen molar-refractivity contribution in [2.75, 3.05) is 0 Å². The van der Waals surface area contributed by atoms with Gasteiger partial charge in [-0.1, -0.05) is 140 Å². The topological polar surface area (TPSA) is 66.3 Å². The lowest BCUT2D eigenvalue weighted by atomic mass is 10.0. The first-order valence-corrected chi connectivity index (χ1v) is 21.1. The summed E-state index contributed by atoms with van der Waals surface area (Å²) in [7, 11) is 0. The number of fused-ring (bicyclic) bond motifs is 9. The smallest absolute Gasteiger partial charge is 0.240 e. The predicted octanol–water partition coefficient (Wildman–Crippen LogP) is 13.6. The summed E-state index contributed by atoms with van der Waals surface area (Å²) in [5, 5.41) is 6.83. The fraction of sp³-hybridized carbons (Fsp3) is 0. The Hall–Kier alpha value is -8.68. The molecule has 0 N–H and O–H groups in total. The van der Waals surface area contributed by atoms with Gasteiger partial charge in [0, 0.05) is 49.8 Å². The minimum atomic E-state index is 0.534. The summed E-state index contributed by atoms with van der Waals surface area (Å²) in [6.45, 7) is 0. The van der Waals surface area contributed by atoms with Crippen LogP contribution in [-0.4, -0.2) is 33.6 Å². The number of rotatable bonds is 6. The Kier molecular flexibility index (Phi) is 7.77. The zero-order valence-corrected chi connectivity index (χ0v) is 33.8. The molecule has 0 fully saturated rings. The fourth-order valence-electron chi connectivity index (χ4n) is 9.56. The molecular weight excluding hydrogens is 771 g/mol. The zero-order chi connectivity index (χ0) is 41.4. The number of benzene rings is 8. The van der Waals surface area contributed by atoms with Crippen LogP contribution in [0.15, 0.2) is 213 Å². The first-order valence-electron chi connectivity index (χ1n) is 21.1. The highest BCUT2D eigenvalue weighted by atomic mass is 15.3. The maximum absolute atomic E-state index is 5.45. The molecule has 0 aliphatic carbocycles. The van der Waals surface area contributed by atoms with Gasteiger partial charge in [0.05, 0.1) is 39.3 Å². The lowest BCUT2D eigenvalue weighted by Gasteiger charge is -2.14. The van der Waals surface area contributed by atoms with Crippen LogP contribution >= 0.6 is 0 Å². The third kappa shape index (κ3) is 5.53. The molecule has 5 heterocycles. The Morgan fingerprint density at radius 2 is 0.746 bits per heavy atom. The van der Waals surface area contributed by atoms with E-state index in [1.807, 2.05) is 12.4 Å². The molecule has 63 heavy (non-hydrogen) atoms. The van der Waals surface area contributed by atoms with Crippen LogP contribution in [0.5, 0.6) is 0 Å². The van der Waals surface area contributed by atoms with Gasteiger partial charge in [0.1, 0.15) is 0 Å². The second kappa shape index (κ2) is 13.9. The lowest BCUT2D eigenvalue weighted by molar-refractivity contribution is 0.892. The normalized spacial score (nSPS) is 11.8. The van der Waals surface area contributed by atoms with Gasteiger partial charge in [0.2, 0.25) is 11.9 Å². The molecule has 0 spiro atoms.